The lowest BCUT2D eigenvalue weighted by molar-refractivity contribution is 0.480. The van der Waals surface area contributed by atoms with E-state index in [1.807, 2.05) is 36.7 Å². The van der Waals surface area contributed by atoms with Crippen molar-refractivity contribution in [2.45, 2.75) is 0 Å². The van der Waals surface area contributed by atoms with Crippen LogP contribution in [0.1, 0.15) is 0 Å². The number of nitrogens with zero attached hydrogens (tertiary/aromatic N) is 2. The van der Waals surface area contributed by atoms with Gasteiger partial charge in [0.05, 0.1) is 11.6 Å². The molecule has 3 rings (SSSR count). The van der Waals surface area contributed by atoms with E-state index in [1.165, 1.54) is 11.3 Å². The Morgan fingerprint density at radius 2 is 2.11 bits per heavy atom. The Kier molecular flexibility index (Phi) is 2.60. The number of aromatic nitrogens is 2. The van der Waals surface area contributed by atoms with E-state index in [9.17, 15) is 5.11 Å². The van der Waals surface area contributed by atoms with Crippen LogP contribution in [0.15, 0.2) is 29.6 Å². The number of nitrogens with one attached hydrogen (secondary N) is 1. The summed E-state index contributed by atoms with van der Waals surface area (Å²) in [7, 11) is 1.82. The summed E-state index contributed by atoms with van der Waals surface area (Å²) in [4.78, 5) is 8.80. The van der Waals surface area contributed by atoms with Gasteiger partial charge in [-0.3, -0.25) is 0 Å². The topological polar surface area (TPSA) is 58.0 Å². The summed E-state index contributed by atoms with van der Waals surface area (Å²) in [5.41, 5.74) is 2.01. The third kappa shape index (κ3) is 1.78. The lowest BCUT2D eigenvalue weighted by Crippen LogP contribution is -1.89. The van der Waals surface area contributed by atoms with Gasteiger partial charge in [0, 0.05) is 17.8 Å². The van der Waals surface area contributed by atoms with Gasteiger partial charge in [-0.15, -0.1) is 11.3 Å². The van der Waals surface area contributed by atoms with Crippen LogP contribution in [0.4, 0.5) is 5.13 Å². The van der Waals surface area contributed by atoms with Crippen LogP contribution in [0.3, 0.4) is 0 Å². The molecule has 0 aliphatic carbocycles. The minimum Gasteiger partial charge on any atom is -0.507 e. The zero-order chi connectivity index (χ0) is 12.5. The lowest BCUT2D eigenvalue weighted by Gasteiger charge is -2.02. The SMILES string of the molecule is CNc1nc(-c2[c]c(O)c3ccccc3n2)cs1. The number of hydrogen-bond acceptors (Lipinski definition) is 5. The zero-order valence-corrected chi connectivity index (χ0v) is 10.5. The predicted octanol–water partition coefficient (Wildman–Crippen LogP) is 2.91. The molecule has 89 valence electrons. The van der Waals surface area contributed by atoms with Gasteiger partial charge in [-0.05, 0) is 12.1 Å². The molecule has 0 spiro atoms. The van der Waals surface area contributed by atoms with Gasteiger partial charge in [-0.25, -0.2) is 9.97 Å². The Bertz CT molecular complexity index is 708. The highest BCUT2D eigenvalue weighted by molar-refractivity contribution is 7.14. The maximum Gasteiger partial charge on any atom is 0.183 e. The Balaban J connectivity index is 2.18. The second-order valence-electron chi connectivity index (χ2n) is 3.74. The summed E-state index contributed by atoms with van der Waals surface area (Å²) in [6, 6.07) is 10.3. The second-order valence-corrected chi connectivity index (χ2v) is 4.60. The molecule has 0 amide bonds. The van der Waals surface area contributed by atoms with Gasteiger partial charge in [-0.1, -0.05) is 12.1 Å². The Hall–Kier alpha value is -2.14. The minimum absolute atomic E-state index is 0.106. The van der Waals surface area contributed by atoms with Crippen molar-refractivity contribution in [2.24, 2.45) is 0 Å². The first kappa shape index (κ1) is 11.0. The van der Waals surface area contributed by atoms with E-state index in [0.29, 0.717) is 16.8 Å². The molecule has 2 N–H and O–H groups in total. The zero-order valence-electron chi connectivity index (χ0n) is 9.64. The molecule has 0 aliphatic heterocycles. The molecule has 5 heteroatoms. The van der Waals surface area contributed by atoms with Crippen molar-refractivity contribution in [1.82, 2.24) is 9.97 Å². The molecule has 1 radical (unpaired) electrons. The van der Waals surface area contributed by atoms with Crippen LogP contribution in [0.2, 0.25) is 0 Å². The molecule has 2 heterocycles. The van der Waals surface area contributed by atoms with E-state index >= 15 is 0 Å². The summed E-state index contributed by atoms with van der Waals surface area (Å²) in [5, 5.41) is 16.3. The van der Waals surface area contributed by atoms with Crippen LogP contribution in [0.25, 0.3) is 22.3 Å². The van der Waals surface area contributed by atoms with Gasteiger partial charge in [0.2, 0.25) is 0 Å². The normalized spacial score (nSPS) is 10.7. The molecule has 2 aromatic heterocycles. The smallest absolute Gasteiger partial charge is 0.183 e. The number of benzene rings is 1. The number of aromatic hydroxyl groups is 1. The first-order valence-corrected chi connectivity index (χ1v) is 6.30. The largest absolute Gasteiger partial charge is 0.507 e. The molecule has 0 bridgehead atoms. The molecular weight excluding hydrogens is 246 g/mol. The fraction of sp³-hybridized carbons (Fsp3) is 0.0769. The third-order valence-electron chi connectivity index (χ3n) is 2.59. The molecule has 0 saturated heterocycles. The van der Waals surface area contributed by atoms with Crippen LogP contribution < -0.4 is 5.32 Å². The Morgan fingerprint density at radius 3 is 2.89 bits per heavy atom. The van der Waals surface area contributed by atoms with Gasteiger partial charge < -0.3 is 10.4 Å². The molecule has 0 atom stereocenters. The summed E-state index contributed by atoms with van der Waals surface area (Å²) in [6.07, 6.45) is 0. The van der Waals surface area contributed by atoms with Crippen molar-refractivity contribution < 1.29 is 5.11 Å². The Morgan fingerprint density at radius 1 is 1.28 bits per heavy atom. The summed E-state index contributed by atoms with van der Waals surface area (Å²) in [5.74, 6) is 0.106. The maximum absolute atomic E-state index is 9.94. The number of hydrogen-bond donors (Lipinski definition) is 2. The van der Waals surface area contributed by atoms with Crippen molar-refractivity contribution >= 4 is 27.4 Å². The average molecular weight is 256 g/mol. The van der Waals surface area contributed by atoms with Crippen molar-refractivity contribution in [1.29, 1.82) is 0 Å². The highest BCUT2D eigenvalue weighted by Gasteiger charge is 2.09. The third-order valence-corrected chi connectivity index (χ3v) is 3.45. The first-order valence-electron chi connectivity index (χ1n) is 5.42. The van der Waals surface area contributed by atoms with Crippen LogP contribution in [-0.2, 0) is 0 Å². The van der Waals surface area contributed by atoms with Gasteiger partial charge >= 0.3 is 0 Å². The van der Waals surface area contributed by atoms with E-state index in [-0.39, 0.29) is 5.75 Å². The summed E-state index contributed by atoms with van der Waals surface area (Å²) in [6.45, 7) is 0. The Labute approximate surface area is 108 Å². The standard InChI is InChI=1S/C13H10N3OS/c1-14-13-16-11(7-18-13)10-6-12(17)8-4-2-3-5-9(8)15-10/h2-5,7H,1H3,(H,14,16)(H,15,17). The van der Waals surface area contributed by atoms with E-state index in [2.05, 4.69) is 21.4 Å². The van der Waals surface area contributed by atoms with Crippen LogP contribution in [0, 0.1) is 6.07 Å². The molecule has 4 nitrogen and oxygen atoms in total. The number of para-hydroxylation sites is 1. The van der Waals surface area contributed by atoms with Crippen molar-refractivity contribution in [2.75, 3.05) is 12.4 Å². The molecule has 3 aromatic rings. The van der Waals surface area contributed by atoms with Gasteiger partial charge in [0.1, 0.15) is 17.1 Å². The molecule has 18 heavy (non-hydrogen) atoms. The predicted molar refractivity (Wildman–Crippen MR) is 72.9 cm³/mol. The lowest BCUT2D eigenvalue weighted by atomic mass is 10.1. The molecule has 1 aromatic carbocycles. The fourth-order valence-corrected chi connectivity index (χ4v) is 2.37. The van der Waals surface area contributed by atoms with Crippen molar-refractivity contribution in [3.05, 3.63) is 35.7 Å². The van der Waals surface area contributed by atoms with E-state index < -0.39 is 0 Å². The minimum atomic E-state index is 0.106. The molecular formula is C13H10N3OS. The van der Waals surface area contributed by atoms with Gasteiger partial charge in [0.15, 0.2) is 5.13 Å². The van der Waals surface area contributed by atoms with Crippen LogP contribution >= 0.6 is 11.3 Å². The second kappa shape index (κ2) is 4.27. The van der Waals surface area contributed by atoms with Crippen LogP contribution in [0.5, 0.6) is 5.75 Å². The fourth-order valence-electron chi connectivity index (χ4n) is 1.72. The summed E-state index contributed by atoms with van der Waals surface area (Å²) >= 11 is 1.49. The molecule has 0 fully saturated rings. The molecule has 0 unspecified atom stereocenters. The first-order chi connectivity index (χ1) is 8.78. The monoisotopic (exact) mass is 256 g/mol. The van der Waals surface area contributed by atoms with E-state index in [0.717, 1.165) is 10.6 Å². The van der Waals surface area contributed by atoms with Crippen LogP contribution in [-0.4, -0.2) is 22.1 Å². The average Bonchev–Trinajstić information content (AvgIpc) is 2.87. The van der Waals surface area contributed by atoms with Gasteiger partial charge in [0.25, 0.3) is 0 Å². The number of fused-ring (bicyclic) bond motifs is 1. The number of anilines is 1. The van der Waals surface area contributed by atoms with Crippen molar-refractivity contribution in [3.63, 3.8) is 0 Å². The number of rotatable bonds is 2. The molecule has 0 saturated carbocycles. The maximum atomic E-state index is 9.94. The number of thiazole rings is 1. The molecule has 0 aliphatic rings. The quantitative estimate of drug-likeness (QED) is 0.740. The number of pyridine rings is 1. The summed E-state index contributed by atoms with van der Waals surface area (Å²) < 4.78 is 0. The van der Waals surface area contributed by atoms with E-state index in [1.54, 1.807) is 0 Å². The van der Waals surface area contributed by atoms with Crippen molar-refractivity contribution in [3.8, 4) is 17.1 Å². The van der Waals surface area contributed by atoms with E-state index in [4.69, 9.17) is 0 Å². The highest BCUT2D eigenvalue weighted by atomic mass is 32.1. The van der Waals surface area contributed by atoms with Gasteiger partial charge in [-0.2, -0.15) is 0 Å². The highest BCUT2D eigenvalue weighted by Crippen LogP contribution is 2.29.